The zero-order valence-electron chi connectivity index (χ0n) is 14.5. The summed E-state index contributed by atoms with van der Waals surface area (Å²) >= 11 is 6.13. The third kappa shape index (κ3) is 3.46. The SMILES string of the molecule is N#Cc1ccc(Cn2c(N3CC[C@@H](F)[C@H](N)C3)nc3cc(Cl)ccc32)nc1. The smallest absolute Gasteiger partial charge is 0.206 e. The Labute approximate surface area is 161 Å². The second-order valence-electron chi connectivity index (χ2n) is 6.70. The van der Waals surface area contributed by atoms with E-state index in [1.54, 1.807) is 12.3 Å². The highest BCUT2D eigenvalue weighted by molar-refractivity contribution is 6.31. The molecule has 8 heteroatoms. The molecule has 3 aromatic rings. The van der Waals surface area contributed by atoms with Crippen LogP contribution in [0.3, 0.4) is 0 Å². The quantitative estimate of drug-likeness (QED) is 0.750. The summed E-state index contributed by atoms with van der Waals surface area (Å²) in [5.74, 6) is 0.723. The topological polar surface area (TPSA) is 83.8 Å². The summed E-state index contributed by atoms with van der Waals surface area (Å²) in [6.07, 6.45) is 0.934. The van der Waals surface area contributed by atoms with Crippen molar-refractivity contribution >= 4 is 28.6 Å². The molecule has 0 saturated carbocycles. The van der Waals surface area contributed by atoms with Gasteiger partial charge in [-0.25, -0.2) is 9.37 Å². The van der Waals surface area contributed by atoms with E-state index in [-0.39, 0.29) is 0 Å². The molecule has 1 fully saturated rings. The normalized spacial score (nSPS) is 20.0. The van der Waals surface area contributed by atoms with E-state index in [1.807, 2.05) is 33.7 Å². The van der Waals surface area contributed by atoms with Crippen molar-refractivity contribution in [2.24, 2.45) is 5.73 Å². The number of piperidine rings is 1. The molecule has 27 heavy (non-hydrogen) atoms. The average Bonchev–Trinajstić information content (AvgIpc) is 3.02. The number of alkyl halides is 1. The molecule has 0 unspecified atom stereocenters. The van der Waals surface area contributed by atoms with E-state index in [4.69, 9.17) is 27.6 Å². The fraction of sp³-hybridized carbons (Fsp3) is 0.316. The monoisotopic (exact) mass is 384 g/mol. The standard InChI is InChI=1S/C19H18ClFN6/c20-13-2-4-18-17(7-13)25-19(26-6-5-15(21)16(23)11-26)27(18)10-14-3-1-12(8-22)9-24-14/h1-4,7,9,15-16H,5-6,10-11,23H2/t15-,16-/m1/s1. The van der Waals surface area contributed by atoms with E-state index < -0.39 is 12.2 Å². The molecule has 3 heterocycles. The second-order valence-corrected chi connectivity index (χ2v) is 7.13. The van der Waals surface area contributed by atoms with Gasteiger partial charge >= 0.3 is 0 Å². The van der Waals surface area contributed by atoms with Crippen LogP contribution in [0.4, 0.5) is 10.3 Å². The molecule has 1 aromatic carbocycles. The number of halogens is 2. The van der Waals surface area contributed by atoms with Gasteiger partial charge in [0.15, 0.2) is 0 Å². The minimum absolute atomic E-state index is 0.375. The summed E-state index contributed by atoms with van der Waals surface area (Å²) in [7, 11) is 0. The van der Waals surface area contributed by atoms with Gasteiger partial charge in [-0.2, -0.15) is 5.26 Å². The molecule has 1 aliphatic rings. The highest BCUT2D eigenvalue weighted by Crippen LogP contribution is 2.28. The van der Waals surface area contributed by atoms with Gasteiger partial charge in [-0.05, 0) is 36.8 Å². The maximum atomic E-state index is 13.8. The predicted molar refractivity (Wildman–Crippen MR) is 102 cm³/mol. The van der Waals surface area contributed by atoms with E-state index in [2.05, 4.69) is 11.1 Å². The Balaban J connectivity index is 1.75. The van der Waals surface area contributed by atoms with Crippen molar-refractivity contribution in [2.75, 3.05) is 18.0 Å². The van der Waals surface area contributed by atoms with Crippen LogP contribution in [-0.2, 0) is 6.54 Å². The van der Waals surface area contributed by atoms with Crippen LogP contribution < -0.4 is 10.6 Å². The fourth-order valence-corrected chi connectivity index (χ4v) is 3.54. The van der Waals surface area contributed by atoms with Crippen LogP contribution in [0.1, 0.15) is 17.7 Å². The summed E-state index contributed by atoms with van der Waals surface area (Å²) in [5, 5.41) is 9.55. The van der Waals surface area contributed by atoms with Gasteiger partial charge < -0.3 is 15.2 Å². The molecule has 2 atom stereocenters. The molecule has 2 N–H and O–H groups in total. The lowest BCUT2D eigenvalue weighted by molar-refractivity contribution is 0.243. The molecule has 0 aliphatic carbocycles. The van der Waals surface area contributed by atoms with Crippen molar-refractivity contribution in [1.29, 1.82) is 5.26 Å². The molecule has 6 nitrogen and oxygen atoms in total. The zero-order valence-corrected chi connectivity index (χ0v) is 15.3. The predicted octanol–water partition coefficient (Wildman–Crippen LogP) is 2.88. The molecule has 2 aromatic heterocycles. The number of hydrogen-bond donors (Lipinski definition) is 1. The number of benzene rings is 1. The van der Waals surface area contributed by atoms with Gasteiger partial charge in [0, 0.05) is 24.3 Å². The van der Waals surface area contributed by atoms with E-state index in [1.165, 1.54) is 0 Å². The van der Waals surface area contributed by atoms with Crippen LogP contribution in [0.2, 0.25) is 5.02 Å². The summed E-state index contributed by atoms with van der Waals surface area (Å²) in [6.45, 7) is 1.43. The van der Waals surface area contributed by atoms with Crippen LogP contribution in [-0.4, -0.2) is 39.8 Å². The van der Waals surface area contributed by atoms with Gasteiger partial charge in [-0.3, -0.25) is 4.98 Å². The molecule has 0 radical (unpaired) electrons. The van der Waals surface area contributed by atoms with Crippen molar-refractivity contribution in [2.45, 2.75) is 25.2 Å². The molecule has 138 valence electrons. The lowest BCUT2D eigenvalue weighted by atomic mass is 10.1. The maximum absolute atomic E-state index is 13.8. The van der Waals surface area contributed by atoms with Gasteiger partial charge in [0.2, 0.25) is 5.95 Å². The van der Waals surface area contributed by atoms with Gasteiger partial charge in [0.25, 0.3) is 0 Å². The average molecular weight is 385 g/mol. The summed E-state index contributed by atoms with van der Waals surface area (Å²) < 4.78 is 15.8. The van der Waals surface area contributed by atoms with Crippen molar-refractivity contribution in [1.82, 2.24) is 14.5 Å². The molecule has 0 spiro atoms. The Bertz CT molecular complexity index is 1010. The fourth-order valence-electron chi connectivity index (χ4n) is 3.37. The van der Waals surface area contributed by atoms with Crippen molar-refractivity contribution < 1.29 is 4.39 Å². The largest absolute Gasteiger partial charge is 0.340 e. The third-order valence-corrected chi connectivity index (χ3v) is 5.05. The van der Waals surface area contributed by atoms with Crippen LogP contribution in [0.15, 0.2) is 36.5 Å². The first-order chi connectivity index (χ1) is 13.0. The Kier molecular flexibility index (Phi) is 4.68. The van der Waals surface area contributed by atoms with E-state index in [0.717, 1.165) is 22.7 Å². The Morgan fingerprint density at radius 2 is 2.19 bits per heavy atom. The summed E-state index contributed by atoms with van der Waals surface area (Å²) in [4.78, 5) is 11.1. The van der Waals surface area contributed by atoms with Crippen LogP contribution >= 0.6 is 11.6 Å². The van der Waals surface area contributed by atoms with E-state index >= 15 is 0 Å². The lowest BCUT2D eigenvalue weighted by Crippen LogP contribution is -2.50. The number of anilines is 1. The summed E-state index contributed by atoms with van der Waals surface area (Å²) in [6, 6.07) is 10.6. The second kappa shape index (κ2) is 7.14. The van der Waals surface area contributed by atoms with Crippen molar-refractivity contribution in [3.63, 3.8) is 0 Å². The minimum Gasteiger partial charge on any atom is -0.340 e. The number of aromatic nitrogens is 3. The number of hydrogen-bond acceptors (Lipinski definition) is 5. The lowest BCUT2D eigenvalue weighted by Gasteiger charge is -2.34. The number of nitrogens with two attached hydrogens (primary N) is 1. The molecule has 1 aliphatic heterocycles. The third-order valence-electron chi connectivity index (χ3n) is 4.82. The van der Waals surface area contributed by atoms with E-state index in [9.17, 15) is 4.39 Å². The summed E-state index contributed by atoms with van der Waals surface area (Å²) in [5.41, 5.74) is 8.93. The number of rotatable bonds is 3. The molecule has 0 amide bonds. The highest BCUT2D eigenvalue weighted by Gasteiger charge is 2.29. The van der Waals surface area contributed by atoms with Crippen LogP contribution in [0.25, 0.3) is 11.0 Å². The van der Waals surface area contributed by atoms with Gasteiger partial charge in [-0.1, -0.05) is 11.6 Å². The molecule has 0 bridgehead atoms. The number of fused-ring (bicyclic) bond motifs is 1. The minimum atomic E-state index is -0.992. The number of nitriles is 1. The van der Waals surface area contributed by atoms with Crippen molar-refractivity contribution in [3.05, 3.63) is 52.8 Å². The zero-order chi connectivity index (χ0) is 19.0. The Morgan fingerprint density at radius 3 is 2.89 bits per heavy atom. The number of nitrogens with zero attached hydrogens (tertiary/aromatic N) is 5. The molecular formula is C19H18ClFN6. The van der Waals surface area contributed by atoms with Crippen molar-refractivity contribution in [3.8, 4) is 6.07 Å². The van der Waals surface area contributed by atoms with Gasteiger partial charge in [0.05, 0.1) is 34.9 Å². The number of pyridine rings is 1. The van der Waals surface area contributed by atoms with Crippen LogP contribution in [0, 0.1) is 11.3 Å². The molecule has 4 rings (SSSR count). The van der Waals surface area contributed by atoms with E-state index in [0.29, 0.717) is 36.6 Å². The first kappa shape index (κ1) is 17.7. The number of imidazole rings is 1. The Morgan fingerprint density at radius 1 is 1.33 bits per heavy atom. The Hall–Kier alpha value is -2.69. The highest BCUT2D eigenvalue weighted by atomic mass is 35.5. The van der Waals surface area contributed by atoms with Gasteiger partial charge in [-0.15, -0.1) is 0 Å². The molecular weight excluding hydrogens is 367 g/mol. The molecule has 1 saturated heterocycles. The van der Waals surface area contributed by atoms with Gasteiger partial charge in [0.1, 0.15) is 12.2 Å². The first-order valence-corrected chi connectivity index (χ1v) is 9.08. The maximum Gasteiger partial charge on any atom is 0.206 e. The first-order valence-electron chi connectivity index (χ1n) is 8.70. The van der Waals surface area contributed by atoms with Crippen LogP contribution in [0.5, 0.6) is 0 Å².